The summed E-state index contributed by atoms with van der Waals surface area (Å²) in [5.41, 5.74) is -0.977. The fourth-order valence-corrected chi connectivity index (χ4v) is 5.85. The zero-order chi connectivity index (χ0) is 26.6. The second-order valence-corrected chi connectivity index (χ2v) is 9.73. The maximum Gasteiger partial charge on any atom is 0.332 e. The fourth-order valence-electron chi connectivity index (χ4n) is 5.85. The van der Waals surface area contributed by atoms with Crippen LogP contribution in [-0.2, 0) is 22.6 Å². The summed E-state index contributed by atoms with van der Waals surface area (Å²) in [7, 11) is 2.79. The van der Waals surface area contributed by atoms with Crippen molar-refractivity contribution in [3.05, 3.63) is 50.2 Å². The molecule has 12 heteroatoms. The third kappa shape index (κ3) is 3.50. The summed E-state index contributed by atoms with van der Waals surface area (Å²) >= 11 is 0. The lowest BCUT2D eigenvalue weighted by Gasteiger charge is -2.50. The second-order valence-electron chi connectivity index (χ2n) is 9.73. The van der Waals surface area contributed by atoms with Crippen LogP contribution in [0.1, 0.15) is 37.3 Å². The van der Waals surface area contributed by atoms with Gasteiger partial charge in [-0.3, -0.25) is 38.7 Å². The number of hydrogen-bond acceptors (Lipinski definition) is 8. The topological polar surface area (TPSA) is 148 Å². The molecule has 1 atom stereocenters. The number of aliphatic imine (C=N–C) groups is 1. The molecule has 1 unspecified atom stereocenters. The molecule has 0 saturated carbocycles. The second kappa shape index (κ2) is 8.71. The van der Waals surface area contributed by atoms with Crippen LogP contribution in [0.5, 0.6) is 5.88 Å². The lowest BCUT2D eigenvalue weighted by atomic mass is 9.68. The number of nitrogens with one attached hydrogen (secondary N) is 1. The molecule has 4 heterocycles. The fraction of sp³-hybridized carbons (Fsp3) is 0.440. The molecule has 2 fully saturated rings. The van der Waals surface area contributed by atoms with Crippen molar-refractivity contribution in [1.82, 2.24) is 19.4 Å². The van der Waals surface area contributed by atoms with E-state index in [4.69, 9.17) is 0 Å². The monoisotopic (exact) mass is 508 g/mol. The first kappa shape index (κ1) is 24.5. The minimum Gasteiger partial charge on any atom is -0.494 e. The number of nitrogens with zero attached hydrogens (tertiary/aromatic N) is 5. The van der Waals surface area contributed by atoms with Gasteiger partial charge in [-0.25, -0.2) is 9.59 Å². The van der Waals surface area contributed by atoms with Gasteiger partial charge in [0.05, 0.1) is 11.7 Å². The highest BCUT2D eigenvalue weighted by atomic mass is 16.3. The van der Waals surface area contributed by atoms with Crippen LogP contribution in [0.25, 0.3) is 0 Å². The molecule has 194 valence electrons. The minimum absolute atomic E-state index is 0.111. The third-order valence-electron chi connectivity index (χ3n) is 7.61. The lowest BCUT2D eigenvalue weighted by Crippen LogP contribution is -2.70. The van der Waals surface area contributed by atoms with Crippen LogP contribution in [0.3, 0.4) is 0 Å². The summed E-state index contributed by atoms with van der Waals surface area (Å²) < 4.78 is 1.07. The molecule has 0 radical (unpaired) electrons. The lowest BCUT2D eigenvalue weighted by molar-refractivity contribution is -0.159. The highest BCUT2D eigenvalue weighted by Crippen LogP contribution is 2.49. The molecule has 2 saturated heterocycles. The molecule has 1 aromatic heterocycles. The third-order valence-corrected chi connectivity index (χ3v) is 7.61. The number of aromatic amines is 1. The average Bonchev–Trinajstić information content (AvgIpc) is 3.38. The Bertz CT molecular complexity index is 1450. The van der Waals surface area contributed by atoms with Gasteiger partial charge in [-0.2, -0.15) is 0 Å². The highest BCUT2D eigenvalue weighted by Gasteiger charge is 2.63. The summed E-state index contributed by atoms with van der Waals surface area (Å²) in [5, 5.41) is 10.5. The first-order chi connectivity index (χ1) is 17.6. The van der Waals surface area contributed by atoms with Gasteiger partial charge in [-0.1, -0.05) is 6.92 Å². The summed E-state index contributed by atoms with van der Waals surface area (Å²) in [4.78, 5) is 74.4. The van der Waals surface area contributed by atoms with Crippen LogP contribution in [0.4, 0.5) is 16.2 Å². The first-order valence-electron chi connectivity index (χ1n) is 12.2. The maximum atomic E-state index is 13.5. The number of fused-ring (bicyclic) bond motifs is 4. The molecule has 2 aromatic rings. The van der Waals surface area contributed by atoms with E-state index in [2.05, 4.69) is 14.9 Å². The van der Waals surface area contributed by atoms with Crippen molar-refractivity contribution in [2.75, 3.05) is 25.5 Å². The molecule has 1 spiro atoms. The van der Waals surface area contributed by atoms with Crippen molar-refractivity contribution in [1.29, 1.82) is 0 Å². The molecule has 12 nitrogen and oxygen atoms in total. The average molecular weight is 509 g/mol. The summed E-state index contributed by atoms with van der Waals surface area (Å²) in [6, 6.07) is 4.35. The van der Waals surface area contributed by atoms with Gasteiger partial charge in [0.15, 0.2) is 5.41 Å². The van der Waals surface area contributed by atoms with Crippen molar-refractivity contribution >= 4 is 35.4 Å². The first-order valence-corrected chi connectivity index (χ1v) is 12.2. The number of urea groups is 1. The van der Waals surface area contributed by atoms with Gasteiger partial charge in [0.25, 0.3) is 5.56 Å². The van der Waals surface area contributed by atoms with Gasteiger partial charge in [0.1, 0.15) is 5.56 Å². The predicted molar refractivity (Wildman–Crippen MR) is 134 cm³/mol. The number of benzene rings is 1. The number of carbonyl (C=O) groups is 3. The highest BCUT2D eigenvalue weighted by molar-refractivity contribution is 6.20. The molecule has 0 bridgehead atoms. The van der Waals surface area contributed by atoms with Crippen molar-refractivity contribution in [3.8, 4) is 5.88 Å². The van der Waals surface area contributed by atoms with Crippen LogP contribution in [0, 0.1) is 5.41 Å². The van der Waals surface area contributed by atoms with E-state index in [9.17, 15) is 29.1 Å². The molecule has 37 heavy (non-hydrogen) atoms. The molecule has 4 amide bonds. The van der Waals surface area contributed by atoms with E-state index < -0.39 is 40.4 Å². The Morgan fingerprint density at radius 1 is 1.14 bits per heavy atom. The number of rotatable bonds is 4. The Labute approximate surface area is 211 Å². The molecular formula is C25H28N6O6. The van der Waals surface area contributed by atoms with Crippen LogP contribution in [-0.4, -0.2) is 75.2 Å². The van der Waals surface area contributed by atoms with Gasteiger partial charge in [0.2, 0.25) is 17.7 Å². The normalized spacial score (nSPS) is 20.8. The molecule has 1 aromatic carbocycles. The Hall–Kier alpha value is -4.22. The number of anilines is 1. The standard InChI is InChI=1S/C25H28N6O6/c1-4-9-31-20(33)16(19(32)27-23(31)36)13-26-15-7-8-17-14(11-15)12-25(18-6-5-10-30(17)18)21(34)28(2)24(37)29(3)22(25)35/h7-8,11,13,18,33H,4-6,9-10,12H2,1-3H3,(H,27,32,36). The van der Waals surface area contributed by atoms with E-state index >= 15 is 0 Å². The van der Waals surface area contributed by atoms with E-state index in [0.717, 1.165) is 32.0 Å². The number of amides is 4. The van der Waals surface area contributed by atoms with E-state index in [1.54, 1.807) is 12.1 Å². The van der Waals surface area contributed by atoms with E-state index in [1.807, 2.05) is 13.0 Å². The number of imide groups is 2. The van der Waals surface area contributed by atoms with Crippen molar-refractivity contribution in [2.45, 2.75) is 45.2 Å². The van der Waals surface area contributed by atoms with Crippen molar-refractivity contribution < 1.29 is 19.5 Å². The number of barbiturate groups is 1. The molecule has 2 N–H and O–H groups in total. The zero-order valence-corrected chi connectivity index (χ0v) is 20.9. The Morgan fingerprint density at radius 3 is 2.51 bits per heavy atom. The maximum absolute atomic E-state index is 13.5. The van der Waals surface area contributed by atoms with Crippen LogP contribution in [0.15, 0.2) is 32.8 Å². The summed E-state index contributed by atoms with van der Waals surface area (Å²) in [5.74, 6) is -1.48. The molecule has 0 aliphatic carbocycles. The number of hydrogen-bond donors (Lipinski definition) is 2. The molecule has 3 aliphatic rings. The molecule has 3 aliphatic heterocycles. The molecule has 5 rings (SSSR count). The van der Waals surface area contributed by atoms with Crippen LogP contribution in [0.2, 0.25) is 0 Å². The predicted octanol–water partition coefficient (Wildman–Crippen LogP) is 0.964. The Morgan fingerprint density at radius 2 is 1.84 bits per heavy atom. The minimum atomic E-state index is -1.42. The number of carbonyl (C=O) groups excluding carboxylic acids is 3. The van der Waals surface area contributed by atoms with Crippen LogP contribution < -0.4 is 16.1 Å². The van der Waals surface area contributed by atoms with Gasteiger partial charge in [-0.15, -0.1) is 0 Å². The quantitative estimate of drug-likeness (QED) is 0.462. The number of aromatic nitrogens is 2. The van der Waals surface area contributed by atoms with E-state index in [0.29, 0.717) is 25.1 Å². The van der Waals surface area contributed by atoms with Gasteiger partial charge in [0, 0.05) is 39.1 Å². The number of H-pyrrole nitrogens is 1. The number of aromatic hydroxyl groups is 1. The Balaban J connectivity index is 1.56. The summed E-state index contributed by atoms with van der Waals surface area (Å²) in [6.07, 6.45) is 3.34. The largest absolute Gasteiger partial charge is 0.494 e. The van der Waals surface area contributed by atoms with Gasteiger partial charge >= 0.3 is 11.7 Å². The smallest absolute Gasteiger partial charge is 0.332 e. The molecular weight excluding hydrogens is 480 g/mol. The Kier molecular flexibility index (Phi) is 5.76. The van der Waals surface area contributed by atoms with E-state index in [-0.39, 0.29) is 24.6 Å². The van der Waals surface area contributed by atoms with Gasteiger partial charge in [-0.05, 0) is 49.4 Å². The van der Waals surface area contributed by atoms with Gasteiger partial charge < -0.3 is 10.0 Å². The zero-order valence-electron chi connectivity index (χ0n) is 20.9. The SMILES string of the molecule is CCCn1c(O)c(C=Nc2ccc3c(c2)CC2(C(=O)N(C)C(=O)N(C)C2=O)C2CCCN32)c(=O)[nH]c1=O. The summed E-state index contributed by atoms with van der Waals surface area (Å²) in [6.45, 7) is 2.74. The van der Waals surface area contributed by atoms with Crippen LogP contribution >= 0.6 is 0 Å². The van der Waals surface area contributed by atoms with Crippen molar-refractivity contribution in [3.63, 3.8) is 0 Å². The van der Waals surface area contributed by atoms with Crippen molar-refractivity contribution in [2.24, 2.45) is 10.4 Å². The van der Waals surface area contributed by atoms with E-state index in [1.165, 1.54) is 20.3 Å².